The number of hydrogen-bond acceptors (Lipinski definition) is 4. The second kappa shape index (κ2) is 6.82. The molecule has 0 spiro atoms. The first-order valence-corrected chi connectivity index (χ1v) is 6.62. The topological polar surface area (TPSA) is 75.7 Å². The molecule has 0 rings (SSSR count). The molecule has 0 heterocycles. The van der Waals surface area contributed by atoms with Crippen molar-refractivity contribution < 1.29 is 17.9 Å². The van der Waals surface area contributed by atoms with E-state index in [0.29, 0.717) is 13.0 Å². The van der Waals surface area contributed by atoms with E-state index in [2.05, 4.69) is 9.46 Å². The average molecular weight is 252 g/mol. The van der Waals surface area contributed by atoms with Gasteiger partial charge in [0.2, 0.25) is 0 Å². The Bertz CT molecular complexity index is 313. The molecule has 0 saturated heterocycles. The van der Waals surface area contributed by atoms with E-state index in [4.69, 9.17) is 0 Å². The lowest BCUT2D eigenvalue weighted by Crippen LogP contribution is -2.47. The van der Waals surface area contributed by atoms with Gasteiger partial charge in [0.25, 0.3) is 10.2 Å². The molecule has 0 aromatic carbocycles. The minimum atomic E-state index is -3.61. The lowest BCUT2D eigenvalue weighted by molar-refractivity contribution is -0.141. The van der Waals surface area contributed by atoms with Crippen LogP contribution in [0.4, 0.5) is 0 Å². The highest BCUT2D eigenvalue weighted by Crippen LogP contribution is 2.05. The lowest BCUT2D eigenvalue weighted by Gasteiger charge is -2.24. The Morgan fingerprint density at radius 3 is 2.38 bits per heavy atom. The standard InChI is InChI=1S/C9H20N2O4S/c1-5-6-10-16(13,14)11(8(2)3)7-9(12)15-4/h8,10H,5-7H2,1-4H3. The van der Waals surface area contributed by atoms with Crippen LogP contribution in [0.3, 0.4) is 0 Å². The van der Waals surface area contributed by atoms with Crippen LogP contribution < -0.4 is 4.72 Å². The zero-order chi connectivity index (χ0) is 12.8. The van der Waals surface area contributed by atoms with Gasteiger partial charge in [0.05, 0.1) is 7.11 Å². The van der Waals surface area contributed by atoms with Gasteiger partial charge in [-0.05, 0) is 20.3 Å². The first-order chi connectivity index (χ1) is 7.35. The predicted octanol–water partition coefficient (Wildman–Crippen LogP) is 0.114. The van der Waals surface area contributed by atoms with E-state index in [1.807, 2.05) is 6.92 Å². The fraction of sp³-hybridized carbons (Fsp3) is 0.889. The Hall–Kier alpha value is -0.660. The highest BCUT2D eigenvalue weighted by Gasteiger charge is 2.26. The van der Waals surface area contributed by atoms with Gasteiger partial charge in [0.1, 0.15) is 6.54 Å². The van der Waals surface area contributed by atoms with E-state index in [1.165, 1.54) is 7.11 Å². The van der Waals surface area contributed by atoms with Crippen LogP contribution in [0, 0.1) is 0 Å². The highest BCUT2D eigenvalue weighted by molar-refractivity contribution is 7.87. The van der Waals surface area contributed by atoms with Crippen LogP contribution in [0.1, 0.15) is 27.2 Å². The molecule has 0 radical (unpaired) electrons. The molecular weight excluding hydrogens is 232 g/mol. The van der Waals surface area contributed by atoms with Crippen molar-refractivity contribution >= 4 is 16.2 Å². The smallest absolute Gasteiger partial charge is 0.321 e. The van der Waals surface area contributed by atoms with E-state index < -0.39 is 16.2 Å². The van der Waals surface area contributed by atoms with Crippen LogP contribution in [-0.4, -0.2) is 44.9 Å². The van der Waals surface area contributed by atoms with Crippen molar-refractivity contribution in [1.29, 1.82) is 0 Å². The Balaban J connectivity index is 4.70. The third kappa shape index (κ3) is 4.91. The molecule has 0 aliphatic rings. The van der Waals surface area contributed by atoms with Crippen molar-refractivity contribution in [3.05, 3.63) is 0 Å². The van der Waals surface area contributed by atoms with Gasteiger partial charge in [-0.15, -0.1) is 0 Å². The quantitative estimate of drug-likeness (QED) is 0.653. The molecule has 0 amide bonds. The zero-order valence-corrected chi connectivity index (χ0v) is 11.0. The van der Waals surface area contributed by atoms with Crippen molar-refractivity contribution in [1.82, 2.24) is 9.03 Å². The lowest BCUT2D eigenvalue weighted by atomic mass is 10.4. The maximum absolute atomic E-state index is 11.8. The van der Waals surface area contributed by atoms with Gasteiger partial charge < -0.3 is 4.74 Å². The van der Waals surface area contributed by atoms with Crippen molar-refractivity contribution in [3.8, 4) is 0 Å². The summed E-state index contributed by atoms with van der Waals surface area (Å²) in [4.78, 5) is 11.1. The Labute approximate surface area is 97.1 Å². The largest absolute Gasteiger partial charge is 0.468 e. The Morgan fingerprint density at radius 1 is 1.44 bits per heavy atom. The summed E-state index contributed by atoms with van der Waals surface area (Å²) in [5.74, 6) is -0.574. The summed E-state index contributed by atoms with van der Waals surface area (Å²) < 4.78 is 31.5. The number of esters is 1. The van der Waals surface area contributed by atoms with Crippen LogP contribution in [0.5, 0.6) is 0 Å². The molecule has 0 aromatic rings. The summed E-state index contributed by atoms with van der Waals surface area (Å²) in [6.07, 6.45) is 0.698. The zero-order valence-electron chi connectivity index (χ0n) is 10.2. The second-order valence-electron chi connectivity index (χ2n) is 3.61. The minimum absolute atomic E-state index is 0.271. The number of hydrogen-bond donors (Lipinski definition) is 1. The van der Waals surface area contributed by atoms with Gasteiger partial charge in [-0.1, -0.05) is 6.92 Å². The van der Waals surface area contributed by atoms with E-state index >= 15 is 0 Å². The molecule has 6 nitrogen and oxygen atoms in total. The molecule has 0 aliphatic heterocycles. The maximum atomic E-state index is 11.8. The molecule has 0 atom stereocenters. The molecule has 0 aliphatic carbocycles. The van der Waals surface area contributed by atoms with Crippen molar-refractivity contribution in [2.75, 3.05) is 20.2 Å². The average Bonchev–Trinajstić information content (AvgIpc) is 2.21. The van der Waals surface area contributed by atoms with Gasteiger partial charge >= 0.3 is 5.97 Å². The first-order valence-electron chi connectivity index (χ1n) is 5.18. The third-order valence-electron chi connectivity index (χ3n) is 1.93. The predicted molar refractivity (Wildman–Crippen MR) is 61.1 cm³/mol. The third-order valence-corrected chi connectivity index (χ3v) is 3.67. The highest BCUT2D eigenvalue weighted by atomic mass is 32.2. The van der Waals surface area contributed by atoms with Crippen LogP contribution >= 0.6 is 0 Å². The maximum Gasteiger partial charge on any atom is 0.321 e. The number of carbonyl (C=O) groups is 1. The fourth-order valence-corrected chi connectivity index (χ4v) is 2.51. The molecule has 7 heteroatoms. The van der Waals surface area contributed by atoms with Gasteiger partial charge in [-0.2, -0.15) is 12.7 Å². The van der Waals surface area contributed by atoms with Gasteiger partial charge in [-0.3, -0.25) is 4.79 Å². The van der Waals surface area contributed by atoms with E-state index in [9.17, 15) is 13.2 Å². The van der Waals surface area contributed by atoms with Crippen LogP contribution in [0.15, 0.2) is 0 Å². The molecular formula is C9H20N2O4S. The van der Waals surface area contributed by atoms with E-state index in [1.54, 1.807) is 13.8 Å². The first kappa shape index (κ1) is 15.3. The molecule has 96 valence electrons. The summed E-state index contributed by atoms with van der Waals surface area (Å²) in [7, 11) is -2.38. The molecule has 0 bridgehead atoms. The fourth-order valence-electron chi connectivity index (χ4n) is 1.05. The summed E-state index contributed by atoms with van der Waals surface area (Å²) in [5, 5.41) is 0. The number of nitrogens with one attached hydrogen (secondary N) is 1. The minimum Gasteiger partial charge on any atom is -0.468 e. The second-order valence-corrected chi connectivity index (χ2v) is 5.32. The molecule has 0 fully saturated rings. The normalized spacial score (nSPS) is 12.1. The van der Waals surface area contributed by atoms with Crippen molar-refractivity contribution in [3.63, 3.8) is 0 Å². The molecule has 0 unspecified atom stereocenters. The molecule has 0 aromatic heterocycles. The summed E-state index contributed by atoms with van der Waals surface area (Å²) in [6.45, 7) is 5.35. The van der Waals surface area contributed by atoms with Crippen LogP contribution in [-0.2, 0) is 19.7 Å². The molecule has 16 heavy (non-hydrogen) atoms. The molecule has 1 N–H and O–H groups in total. The van der Waals surface area contributed by atoms with Crippen molar-refractivity contribution in [2.24, 2.45) is 0 Å². The van der Waals surface area contributed by atoms with Gasteiger partial charge in [-0.25, -0.2) is 4.72 Å². The summed E-state index contributed by atoms with van der Waals surface area (Å²) in [5.41, 5.74) is 0. The summed E-state index contributed by atoms with van der Waals surface area (Å²) >= 11 is 0. The van der Waals surface area contributed by atoms with Crippen LogP contribution in [0.25, 0.3) is 0 Å². The van der Waals surface area contributed by atoms with Crippen LogP contribution in [0.2, 0.25) is 0 Å². The summed E-state index contributed by atoms with van der Waals surface area (Å²) in [6, 6.07) is -0.298. The number of rotatable bonds is 7. The number of methoxy groups -OCH3 is 1. The number of nitrogens with zero attached hydrogens (tertiary/aromatic N) is 1. The van der Waals surface area contributed by atoms with Gasteiger partial charge in [0.15, 0.2) is 0 Å². The van der Waals surface area contributed by atoms with Gasteiger partial charge in [0, 0.05) is 12.6 Å². The van der Waals surface area contributed by atoms with Crippen molar-refractivity contribution in [2.45, 2.75) is 33.2 Å². The Morgan fingerprint density at radius 2 is 2.00 bits per heavy atom. The number of ether oxygens (including phenoxy) is 1. The van der Waals surface area contributed by atoms with E-state index in [0.717, 1.165) is 4.31 Å². The SMILES string of the molecule is CCCNS(=O)(=O)N(CC(=O)OC)C(C)C. The monoisotopic (exact) mass is 252 g/mol. The van der Waals surface area contributed by atoms with E-state index in [-0.39, 0.29) is 12.6 Å². The Kier molecular flexibility index (Phi) is 6.54. The number of carbonyl (C=O) groups excluding carboxylic acids is 1. The molecule has 0 saturated carbocycles.